The second-order valence-electron chi connectivity index (χ2n) is 8.64. The molecule has 2 aromatic carbocycles. The number of unbranched alkanes of at least 4 members (excludes halogenated alkanes) is 1. The molecule has 1 fully saturated rings. The Kier molecular flexibility index (Phi) is 9.31. The predicted molar refractivity (Wildman–Crippen MR) is 133 cm³/mol. The fourth-order valence-electron chi connectivity index (χ4n) is 4.45. The lowest BCUT2D eigenvalue weighted by molar-refractivity contribution is -0.147. The van der Waals surface area contributed by atoms with E-state index in [0.29, 0.717) is 0 Å². The van der Waals surface area contributed by atoms with Crippen LogP contribution in [0.15, 0.2) is 54.6 Å². The summed E-state index contributed by atoms with van der Waals surface area (Å²) < 4.78 is 5.09. The lowest BCUT2D eigenvalue weighted by Crippen LogP contribution is -2.49. The summed E-state index contributed by atoms with van der Waals surface area (Å²) >= 11 is 0. The van der Waals surface area contributed by atoms with Crippen molar-refractivity contribution in [3.05, 3.63) is 60.2 Å². The number of benzene rings is 2. The van der Waals surface area contributed by atoms with Crippen molar-refractivity contribution in [1.29, 1.82) is 0 Å². The average Bonchev–Trinajstić information content (AvgIpc) is 2.86. The third kappa shape index (κ3) is 6.57. The van der Waals surface area contributed by atoms with Gasteiger partial charge in [-0.15, -0.1) is 0 Å². The molecule has 0 spiro atoms. The molecular formula is C27H37N3O3. The van der Waals surface area contributed by atoms with Gasteiger partial charge in [0.05, 0.1) is 7.11 Å². The fraction of sp³-hybridized carbons (Fsp3) is 0.481. The van der Waals surface area contributed by atoms with E-state index >= 15 is 0 Å². The Morgan fingerprint density at radius 3 is 2.21 bits per heavy atom. The number of carbonyl (C=O) groups is 2. The molecule has 33 heavy (non-hydrogen) atoms. The molecule has 6 nitrogen and oxygen atoms in total. The molecule has 1 N–H and O–H groups in total. The lowest BCUT2D eigenvalue weighted by Gasteiger charge is -2.39. The van der Waals surface area contributed by atoms with Gasteiger partial charge in [-0.25, -0.2) is 4.79 Å². The Labute approximate surface area is 197 Å². The minimum Gasteiger partial charge on any atom is -0.468 e. The second kappa shape index (κ2) is 12.4. The first-order chi connectivity index (χ1) is 16.1. The Bertz CT molecular complexity index is 877. The van der Waals surface area contributed by atoms with Crippen LogP contribution in [0.3, 0.4) is 0 Å². The van der Waals surface area contributed by atoms with Gasteiger partial charge in [0.25, 0.3) is 0 Å². The number of esters is 1. The SMILES string of the molecule is CCCCC(CC)C(=O)Nc1ccc(N2CCN(C(C(=O)OC)c3ccccc3)CC2)cc1. The topological polar surface area (TPSA) is 61.9 Å². The first-order valence-electron chi connectivity index (χ1n) is 12.1. The normalized spacial score (nSPS) is 16.2. The first-order valence-corrected chi connectivity index (χ1v) is 12.1. The van der Waals surface area contributed by atoms with Crippen LogP contribution in [0.5, 0.6) is 0 Å². The van der Waals surface area contributed by atoms with Crippen LogP contribution in [-0.4, -0.2) is 50.1 Å². The van der Waals surface area contributed by atoms with Gasteiger partial charge in [0.15, 0.2) is 0 Å². The van der Waals surface area contributed by atoms with E-state index in [2.05, 4.69) is 41.1 Å². The summed E-state index contributed by atoms with van der Waals surface area (Å²) in [6, 6.07) is 17.5. The van der Waals surface area contributed by atoms with Crippen LogP contribution in [0.25, 0.3) is 0 Å². The Morgan fingerprint density at radius 2 is 1.64 bits per heavy atom. The van der Waals surface area contributed by atoms with Gasteiger partial charge in [-0.3, -0.25) is 9.69 Å². The van der Waals surface area contributed by atoms with Crippen LogP contribution in [0.4, 0.5) is 11.4 Å². The van der Waals surface area contributed by atoms with E-state index in [1.165, 1.54) is 7.11 Å². The zero-order valence-electron chi connectivity index (χ0n) is 20.1. The van der Waals surface area contributed by atoms with Crippen LogP contribution in [-0.2, 0) is 14.3 Å². The van der Waals surface area contributed by atoms with Gasteiger partial charge in [0.2, 0.25) is 5.91 Å². The molecule has 1 aliphatic heterocycles. The van der Waals surface area contributed by atoms with Gasteiger partial charge in [-0.1, -0.05) is 57.0 Å². The molecule has 178 valence electrons. The highest BCUT2D eigenvalue weighted by molar-refractivity contribution is 5.92. The van der Waals surface area contributed by atoms with E-state index in [-0.39, 0.29) is 23.8 Å². The van der Waals surface area contributed by atoms with E-state index in [4.69, 9.17) is 4.74 Å². The summed E-state index contributed by atoms with van der Waals surface area (Å²) in [7, 11) is 1.45. The summed E-state index contributed by atoms with van der Waals surface area (Å²) in [4.78, 5) is 29.6. The second-order valence-corrected chi connectivity index (χ2v) is 8.64. The molecule has 2 atom stereocenters. The molecule has 1 saturated heterocycles. The molecule has 0 bridgehead atoms. The molecule has 1 aliphatic rings. The molecule has 2 unspecified atom stereocenters. The first kappa shape index (κ1) is 24.8. The van der Waals surface area contributed by atoms with Gasteiger partial charge in [0.1, 0.15) is 6.04 Å². The maximum Gasteiger partial charge on any atom is 0.327 e. The minimum atomic E-state index is -0.379. The van der Waals surface area contributed by atoms with E-state index in [0.717, 1.165) is 68.8 Å². The van der Waals surface area contributed by atoms with Crippen molar-refractivity contribution in [1.82, 2.24) is 4.90 Å². The van der Waals surface area contributed by atoms with Crippen LogP contribution >= 0.6 is 0 Å². The number of anilines is 2. The molecule has 0 aromatic heterocycles. The standard InChI is InChI=1S/C27H37N3O3/c1-4-6-10-21(5-2)26(31)28-23-13-15-24(16-14-23)29-17-19-30(20-18-29)25(27(32)33-3)22-11-8-7-9-12-22/h7-9,11-16,21,25H,4-6,10,17-20H2,1-3H3,(H,28,31). The zero-order chi connectivity index (χ0) is 23.6. The van der Waals surface area contributed by atoms with Crippen LogP contribution in [0, 0.1) is 5.92 Å². The van der Waals surface area contributed by atoms with Crippen molar-refractivity contribution in [2.24, 2.45) is 5.92 Å². The maximum atomic E-state index is 12.6. The number of hydrogen-bond donors (Lipinski definition) is 1. The average molecular weight is 452 g/mol. The number of nitrogens with one attached hydrogen (secondary N) is 1. The van der Waals surface area contributed by atoms with E-state index in [1.54, 1.807) is 0 Å². The Morgan fingerprint density at radius 1 is 0.970 bits per heavy atom. The molecule has 0 aliphatic carbocycles. The number of piperazine rings is 1. The molecule has 2 aromatic rings. The number of amides is 1. The number of carbonyl (C=O) groups excluding carboxylic acids is 2. The Hall–Kier alpha value is -2.86. The summed E-state index contributed by atoms with van der Waals surface area (Å²) in [5, 5.41) is 3.07. The highest BCUT2D eigenvalue weighted by atomic mass is 16.5. The molecular weight excluding hydrogens is 414 g/mol. The van der Waals surface area contributed by atoms with E-state index in [1.807, 2.05) is 42.5 Å². The largest absolute Gasteiger partial charge is 0.468 e. The van der Waals surface area contributed by atoms with Crippen LogP contribution < -0.4 is 10.2 Å². The highest BCUT2D eigenvalue weighted by Crippen LogP contribution is 2.26. The smallest absolute Gasteiger partial charge is 0.327 e. The molecule has 6 heteroatoms. The number of methoxy groups -OCH3 is 1. The van der Waals surface area contributed by atoms with Gasteiger partial charge < -0.3 is 15.0 Å². The maximum absolute atomic E-state index is 12.6. The number of rotatable bonds is 10. The fourth-order valence-corrected chi connectivity index (χ4v) is 4.45. The molecule has 0 saturated carbocycles. The monoisotopic (exact) mass is 451 g/mol. The van der Waals surface area contributed by atoms with E-state index < -0.39 is 0 Å². The summed E-state index contributed by atoms with van der Waals surface area (Å²) in [5.41, 5.74) is 2.93. The van der Waals surface area contributed by atoms with Gasteiger partial charge in [-0.05, 0) is 42.7 Å². The summed E-state index contributed by atoms with van der Waals surface area (Å²) in [6.45, 7) is 7.40. The quantitative estimate of drug-likeness (QED) is 0.522. The van der Waals surface area contributed by atoms with Crippen LogP contribution in [0.1, 0.15) is 51.1 Å². The third-order valence-corrected chi connectivity index (χ3v) is 6.49. The van der Waals surface area contributed by atoms with Crippen molar-refractivity contribution in [2.45, 2.75) is 45.6 Å². The molecule has 1 heterocycles. The zero-order valence-corrected chi connectivity index (χ0v) is 20.1. The molecule has 0 radical (unpaired) electrons. The number of hydrogen-bond acceptors (Lipinski definition) is 5. The summed E-state index contributed by atoms with van der Waals surface area (Å²) in [6.07, 6.45) is 4.00. The number of nitrogens with zero attached hydrogens (tertiary/aromatic N) is 2. The minimum absolute atomic E-state index is 0.0741. The number of ether oxygens (including phenoxy) is 1. The molecule has 3 rings (SSSR count). The van der Waals surface area contributed by atoms with Crippen molar-refractivity contribution in [3.63, 3.8) is 0 Å². The lowest BCUT2D eigenvalue weighted by atomic mass is 9.98. The van der Waals surface area contributed by atoms with Crippen molar-refractivity contribution in [3.8, 4) is 0 Å². The van der Waals surface area contributed by atoms with Crippen molar-refractivity contribution >= 4 is 23.3 Å². The predicted octanol–water partition coefficient (Wildman–Crippen LogP) is 4.88. The van der Waals surface area contributed by atoms with Gasteiger partial charge >= 0.3 is 5.97 Å². The van der Waals surface area contributed by atoms with Crippen LogP contribution in [0.2, 0.25) is 0 Å². The van der Waals surface area contributed by atoms with Gasteiger partial charge in [0, 0.05) is 43.5 Å². The van der Waals surface area contributed by atoms with Crippen molar-refractivity contribution < 1.29 is 14.3 Å². The Balaban J connectivity index is 1.58. The summed E-state index contributed by atoms with van der Waals surface area (Å²) in [5.74, 6) is -0.0359. The van der Waals surface area contributed by atoms with Crippen molar-refractivity contribution in [2.75, 3.05) is 43.5 Å². The highest BCUT2D eigenvalue weighted by Gasteiger charge is 2.31. The van der Waals surface area contributed by atoms with E-state index in [9.17, 15) is 9.59 Å². The third-order valence-electron chi connectivity index (χ3n) is 6.49. The molecule has 1 amide bonds. The van der Waals surface area contributed by atoms with Gasteiger partial charge in [-0.2, -0.15) is 0 Å².